The van der Waals surface area contributed by atoms with E-state index in [4.69, 9.17) is 35.3 Å². The number of carbonyl (C=O) groups is 1. The monoisotopic (exact) mass is 468 g/mol. The van der Waals surface area contributed by atoms with Crippen LogP contribution in [0.2, 0.25) is 5.02 Å². The maximum Gasteiger partial charge on any atom is 0.338 e. The molecule has 3 N–H and O–H groups in total. The second kappa shape index (κ2) is 11.0. The van der Waals surface area contributed by atoms with Gasteiger partial charge in [0.15, 0.2) is 17.8 Å². The SMILES string of the molecule is COc1cc(C(=O)OC[C@H]2O[C@@H](OC)[C@H](O)[C@@H](O)[C@@H]2O)cc(Cl)c1OCc1ccccc1. The molecule has 0 bridgehead atoms. The van der Waals surface area contributed by atoms with E-state index in [2.05, 4.69) is 0 Å². The molecule has 0 amide bonds. The molecule has 10 heteroatoms. The van der Waals surface area contributed by atoms with Crippen molar-refractivity contribution in [3.63, 3.8) is 0 Å². The van der Waals surface area contributed by atoms with Crippen LogP contribution in [0.1, 0.15) is 15.9 Å². The zero-order valence-corrected chi connectivity index (χ0v) is 18.3. The minimum Gasteiger partial charge on any atom is -0.493 e. The Morgan fingerprint density at radius 1 is 1.06 bits per heavy atom. The first-order chi connectivity index (χ1) is 15.3. The van der Waals surface area contributed by atoms with Crippen LogP contribution >= 0.6 is 11.6 Å². The molecule has 1 saturated heterocycles. The quantitative estimate of drug-likeness (QED) is 0.495. The predicted molar refractivity (Wildman–Crippen MR) is 113 cm³/mol. The lowest BCUT2D eigenvalue weighted by Crippen LogP contribution is -2.59. The summed E-state index contributed by atoms with van der Waals surface area (Å²) in [5, 5.41) is 30.0. The first kappa shape index (κ1) is 24.2. The van der Waals surface area contributed by atoms with Crippen LogP contribution in [0.5, 0.6) is 11.5 Å². The fourth-order valence-electron chi connectivity index (χ4n) is 3.20. The second-order valence-electron chi connectivity index (χ2n) is 7.11. The Bertz CT molecular complexity index is 906. The maximum atomic E-state index is 12.5. The van der Waals surface area contributed by atoms with E-state index in [9.17, 15) is 20.1 Å². The van der Waals surface area contributed by atoms with Gasteiger partial charge in [-0.05, 0) is 17.7 Å². The molecule has 5 atom stereocenters. The molecule has 2 aromatic rings. The Kier molecular flexibility index (Phi) is 8.30. The highest BCUT2D eigenvalue weighted by Crippen LogP contribution is 2.37. The Hall–Kier alpha value is -2.40. The number of rotatable bonds is 8. The summed E-state index contributed by atoms with van der Waals surface area (Å²) < 4.78 is 26.6. The molecule has 3 rings (SSSR count). The fraction of sp³-hybridized carbons (Fsp3) is 0.409. The molecule has 0 aliphatic carbocycles. The third-order valence-corrected chi connectivity index (χ3v) is 5.25. The number of halogens is 1. The average molecular weight is 469 g/mol. The summed E-state index contributed by atoms with van der Waals surface area (Å²) in [5.41, 5.74) is 1.02. The van der Waals surface area contributed by atoms with E-state index in [0.29, 0.717) is 0 Å². The summed E-state index contributed by atoms with van der Waals surface area (Å²) in [6.07, 6.45) is -6.71. The van der Waals surface area contributed by atoms with Gasteiger partial charge in [0.05, 0.1) is 17.7 Å². The van der Waals surface area contributed by atoms with Gasteiger partial charge in [-0.25, -0.2) is 4.79 Å². The van der Waals surface area contributed by atoms with Crippen molar-refractivity contribution in [2.45, 2.75) is 37.3 Å². The number of hydrogen-bond acceptors (Lipinski definition) is 9. The van der Waals surface area contributed by atoms with Crippen LogP contribution in [0.25, 0.3) is 0 Å². The largest absolute Gasteiger partial charge is 0.493 e. The zero-order valence-electron chi connectivity index (χ0n) is 17.5. The molecule has 1 aliphatic rings. The predicted octanol–water partition coefficient (Wildman–Crippen LogP) is 1.54. The van der Waals surface area contributed by atoms with Crippen LogP contribution in [0.15, 0.2) is 42.5 Å². The van der Waals surface area contributed by atoms with Gasteiger partial charge in [0.1, 0.15) is 37.6 Å². The van der Waals surface area contributed by atoms with Gasteiger partial charge in [-0.1, -0.05) is 41.9 Å². The van der Waals surface area contributed by atoms with Gasteiger partial charge in [-0.2, -0.15) is 0 Å². The van der Waals surface area contributed by atoms with Crippen molar-refractivity contribution >= 4 is 17.6 Å². The topological polar surface area (TPSA) is 124 Å². The summed E-state index contributed by atoms with van der Waals surface area (Å²) in [5.74, 6) is -0.238. The van der Waals surface area contributed by atoms with E-state index in [1.54, 1.807) is 0 Å². The number of esters is 1. The lowest BCUT2D eigenvalue weighted by Gasteiger charge is -2.39. The van der Waals surface area contributed by atoms with Crippen LogP contribution in [0.3, 0.4) is 0 Å². The summed E-state index contributed by atoms with van der Waals surface area (Å²) in [6.45, 7) is -0.137. The van der Waals surface area contributed by atoms with Gasteiger partial charge < -0.3 is 39.0 Å². The Morgan fingerprint density at radius 2 is 1.78 bits per heavy atom. The third kappa shape index (κ3) is 5.50. The van der Waals surface area contributed by atoms with E-state index in [1.807, 2.05) is 30.3 Å². The molecule has 2 aromatic carbocycles. The smallest absolute Gasteiger partial charge is 0.338 e. The fourth-order valence-corrected chi connectivity index (χ4v) is 3.46. The lowest BCUT2D eigenvalue weighted by molar-refractivity contribution is -0.294. The second-order valence-corrected chi connectivity index (χ2v) is 7.52. The summed E-state index contributed by atoms with van der Waals surface area (Å²) in [6, 6.07) is 12.3. The lowest BCUT2D eigenvalue weighted by atomic mass is 9.99. The number of carbonyl (C=O) groups excluding carboxylic acids is 1. The molecular weight excluding hydrogens is 444 g/mol. The van der Waals surface area contributed by atoms with Crippen molar-refractivity contribution < 1.29 is 43.8 Å². The van der Waals surface area contributed by atoms with Gasteiger partial charge >= 0.3 is 5.97 Å². The highest BCUT2D eigenvalue weighted by atomic mass is 35.5. The van der Waals surface area contributed by atoms with Crippen LogP contribution < -0.4 is 9.47 Å². The summed E-state index contributed by atoms with van der Waals surface area (Å²) in [7, 11) is 2.69. The van der Waals surface area contributed by atoms with Gasteiger partial charge in [0, 0.05) is 7.11 Å². The maximum absolute atomic E-state index is 12.5. The highest BCUT2D eigenvalue weighted by molar-refractivity contribution is 6.32. The number of ether oxygens (including phenoxy) is 5. The van der Waals surface area contributed by atoms with Crippen LogP contribution in [0.4, 0.5) is 0 Å². The van der Waals surface area contributed by atoms with Crippen LogP contribution in [0, 0.1) is 0 Å². The molecule has 1 aliphatic heterocycles. The molecule has 0 radical (unpaired) electrons. The van der Waals surface area contributed by atoms with Gasteiger partial charge in [0.25, 0.3) is 0 Å². The van der Waals surface area contributed by atoms with Gasteiger partial charge in [-0.3, -0.25) is 0 Å². The number of hydrogen-bond donors (Lipinski definition) is 3. The Morgan fingerprint density at radius 3 is 2.44 bits per heavy atom. The van der Waals surface area contributed by atoms with Crippen molar-refractivity contribution in [3.05, 3.63) is 58.6 Å². The van der Waals surface area contributed by atoms with E-state index >= 15 is 0 Å². The van der Waals surface area contributed by atoms with E-state index in [1.165, 1.54) is 26.4 Å². The average Bonchev–Trinajstić information content (AvgIpc) is 2.81. The highest BCUT2D eigenvalue weighted by Gasteiger charge is 2.44. The first-order valence-electron chi connectivity index (χ1n) is 9.79. The molecule has 0 unspecified atom stereocenters. The summed E-state index contributed by atoms with van der Waals surface area (Å²) >= 11 is 6.31. The molecule has 174 valence electrons. The molecule has 32 heavy (non-hydrogen) atoms. The number of benzene rings is 2. The van der Waals surface area contributed by atoms with Crippen LogP contribution in [-0.2, 0) is 20.8 Å². The van der Waals surface area contributed by atoms with Gasteiger partial charge in [0.2, 0.25) is 0 Å². The molecule has 1 heterocycles. The zero-order chi connectivity index (χ0) is 23.3. The minimum atomic E-state index is -1.52. The third-order valence-electron chi connectivity index (χ3n) is 4.97. The van der Waals surface area contributed by atoms with Crippen molar-refractivity contribution in [1.29, 1.82) is 0 Å². The number of aliphatic hydroxyl groups is 3. The molecule has 0 spiro atoms. The minimum absolute atomic E-state index is 0.0908. The van der Waals surface area contributed by atoms with Crippen molar-refractivity contribution in [1.82, 2.24) is 0 Å². The number of methoxy groups -OCH3 is 2. The van der Waals surface area contributed by atoms with Gasteiger partial charge in [-0.15, -0.1) is 0 Å². The first-order valence-corrected chi connectivity index (χ1v) is 10.2. The standard InChI is InChI=1S/C22H25ClO9/c1-28-15-9-13(8-14(23)20(15)30-10-12-6-4-3-5-7-12)21(27)31-11-16-17(24)18(25)19(26)22(29-2)32-16/h3-9,16-19,22,24-26H,10-11H2,1-2H3/t16-,17-,18+,19-,22-/m1/s1. The molecule has 9 nitrogen and oxygen atoms in total. The normalized spacial score (nSPS) is 25.2. The van der Waals surface area contributed by atoms with Crippen molar-refractivity contribution in [3.8, 4) is 11.5 Å². The van der Waals surface area contributed by atoms with E-state index in [0.717, 1.165) is 5.56 Å². The van der Waals surface area contributed by atoms with Crippen molar-refractivity contribution in [2.75, 3.05) is 20.8 Å². The summed E-state index contributed by atoms with van der Waals surface area (Å²) in [4.78, 5) is 12.5. The van der Waals surface area contributed by atoms with Crippen molar-refractivity contribution in [2.24, 2.45) is 0 Å². The van der Waals surface area contributed by atoms with Crippen LogP contribution in [-0.4, -0.2) is 72.8 Å². The number of aliphatic hydroxyl groups excluding tert-OH is 3. The molecule has 0 saturated carbocycles. The molecular formula is C22H25ClO9. The Balaban J connectivity index is 1.67. The molecule has 0 aromatic heterocycles. The Labute approximate surface area is 190 Å². The molecule has 1 fully saturated rings. The van der Waals surface area contributed by atoms with E-state index < -0.39 is 43.3 Å². The van der Waals surface area contributed by atoms with E-state index in [-0.39, 0.29) is 28.7 Å².